The van der Waals surface area contributed by atoms with Crippen molar-refractivity contribution in [3.8, 4) is 11.1 Å². The van der Waals surface area contributed by atoms with Crippen LogP contribution < -0.4 is 10.6 Å². The Morgan fingerprint density at radius 3 is 2.11 bits per heavy atom. The lowest BCUT2D eigenvalue weighted by Gasteiger charge is -2.37. The molecule has 2 unspecified atom stereocenters. The fourth-order valence-corrected chi connectivity index (χ4v) is 5.38. The van der Waals surface area contributed by atoms with Crippen molar-refractivity contribution in [1.82, 2.24) is 10.6 Å². The number of amides is 2. The molecule has 0 aromatic heterocycles. The largest absolute Gasteiger partial charge is 0.481 e. The van der Waals surface area contributed by atoms with Crippen LogP contribution in [0.5, 0.6) is 0 Å². The van der Waals surface area contributed by atoms with Crippen molar-refractivity contribution in [2.45, 2.75) is 69.9 Å². The minimum Gasteiger partial charge on any atom is -0.481 e. The van der Waals surface area contributed by atoms with E-state index in [4.69, 9.17) is 4.74 Å². The van der Waals surface area contributed by atoms with Crippen molar-refractivity contribution in [3.05, 3.63) is 59.7 Å². The quantitative estimate of drug-likeness (QED) is 0.503. The summed E-state index contributed by atoms with van der Waals surface area (Å²) < 4.78 is 5.74. The average molecular weight is 479 g/mol. The van der Waals surface area contributed by atoms with Crippen molar-refractivity contribution in [2.24, 2.45) is 5.92 Å². The van der Waals surface area contributed by atoms with E-state index in [9.17, 15) is 19.5 Å². The molecule has 0 bridgehead atoms. The van der Waals surface area contributed by atoms with Crippen LogP contribution in [0.15, 0.2) is 48.5 Å². The molecule has 7 nitrogen and oxygen atoms in total. The molecule has 0 radical (unpaired) electrons. The molecule has 2 aliphatic carbocycles. The second kappa shape index (κ2) is 10.5. The Balaban J connectivity index is 1.40. The predicted molar refractivity (Wildman–Crippen MR) is 133 cm³/mol. The molecule has 2 aromatic carbocycles. The molecule has 186 valence electrons. The van der Waals surface area contributed by atoms with Gasteiger partial charge in [-0.1, -0.05) is 67.8 Å². The topological polar surface area (TPSA) is 105 Å². The SMILES string of the molecule is CC(NC(=O)CC1(NC(=O)OCC2c3ccccc3-c3ccccc32)CCCCC1)C(C)C(=O)O. The van der Waals surface area contributed by atoms with Gasteiger partial charge in [0.1, 0.15) is 6.61 Å². The zero-order valence-electron chi connectivity index (χ0n) is 20.4. The third-order valence-corrected chi connectivity index (χ3v) is 7.55. The van der Waals surface area contributed by atoms with E-state index in [2.05, 4.69) is 34.9 Å². The Bertz CT molecular complexity index is 1050. The van der Waals surface area contributed by atoms with Crippen molar-refractivity contribution in [1.29, 1.82) is 0 Å². The van der Waals surface area contributed by atoms with Crippen molar-refractivity contribution in [2.75, 3.05) is 6.61 Å². The number of alkyl carbamates (subject to hydrolysis) is 1. The van der Waals surface area contributed by atoms with E-state index >= 15 is 0 Å². The number of benzene rings is 2. The first-order chi connectivity index (χ1) is 16.8. The lowest BCUT2D eigenvalue weighted by atomic mass is 9.79. The Hall–Kier alpha value is -3.35. The van der Waals surface area contributed by atoms with Gasteiger partial charge in [-0.3, -0.25) is 9.59 Å². The Morgan fingerprint density at radius 2 is 1.54 bits per heavy atom. The van der Waals surface area contributed by atoms with Gasteiger partial charge in [-0.15, -0.1) is 0 Å². The third-order valence-electron chi connectivity index (χ3n) is 7.55. The van der Waals surface area contributed by atoms with Gasteiger partial charge in [-0.2, -0.15) is 0 Å². The predicted octanol–water partition coefficient (Wildman–Crippen LogP) is 4.84. The number of carbonyl (C=O) groups is 3. The monoisotopic (exact) mass is 478 g/mol. The number of nitrogens with one attached hydrogen (secondary N) is 2. The van der Waals surface area contributed by atoms with Crippen LogP contribution in [0.1, 0.15) is 69.4 Å². The first-order valence-corrected chi connectivity index (χ1v) is 12.4. The van der Waals surface area contributed by atoms with E-state index in [1.807, 2.05) is 24.3 Å². The highest BCUT2D eigenvalue weighted by atomic mass is 16.5. The van der Waals surface area contributed by atoms with Gasteiger partial charge in [0.05, 0.1) is 11.5 Å². The van der Waals surface area contributed by atoms with E-state index in [1.54, 1.807) is 13.8 Å². The number of ether oxygens (including phenoxy) is 1. The minimum atomic E-state index is -0.957. The summed E-state index contributed by atoms with van der Waals surface area (Å²) in [6.45, 7) is 3.47. The lowest BCUT2D eigenvalue weighted by molar-refractivity contribution is -0.142. The fourth-order valence-electron chi connectivity index (χ4n) is 5.38. The maximum atomic E-state index is 13.0. The summed E-state index contributed by atoms with van der Waals surface area (Å²) in [5.41, 5.74) is 3.95. The van der Waals surface area contributed by atoms with E-state index in [-0.39, 0.29) is 24.9 Å². The standard InChI is InChI=1S/C28H34N2O5/c1-18(26(32)33)19(2)29-25(31)16-28(14-8-3-9-15-28)30-27(34)35-17-24-22-12-6-4-10-20(22)21-11-5-7-13-23(21)24/h4-7,10-13,18-19,24H,3,8-9,14-17H2,1-2H3,(H,29,31)(H,30,34)(H,32,33). The van der Waals surface area contributed by atoms with Gasteiger partial charge in [-0.05, 0) is 48.9 Å². The van der Waals surface area contributed by atoms with Gasteiger partial charge in [0, 0.05) is 18.4 Å². The zero-order valence-corrected chi connectivity index (χ0v) is 20.4. The van der Waals surface area contributed by atoms with Gasteiger partial charge < -0.3 is 20.5 Å². The van der Waals surface area contributed by atoms with Crippen LogP contribution >= 0.6 is 0 Å². The van der Waals surface area contributed by atoms with Crippen LogP contribution in [0.4, 0.5) is 4.79 Å². The third kappa shape index (κ3) is 5.50. The molecule has 0 spiro atoms. The number of fused-ring (bicyclic) bond motifs is 3. The number of carboxylic acids is 1. The van der Waals surface area contributed by atoms with Crippen LogP contribution in [0, 0.1) is 5.92 Å². The van der Waals surface area contributed by atoms with Crippen LogP contribution in [-0.4, -0.2) is 41.3 Å². The number of hydrogen-bond acceptors (Lipinski definition) is 4. The van der Waals surface area contributed by atoms with Crippen molar-refractivity contribution < 1.29 is 24.2 Å². The first-order valence-electron chi connectivity index (χ1n) is 12.4. The Morgan fingerprint density at radius 1 is 0.971 bits per heavy atom. The maximum absolute atomic E-state index is 13.0. The minimum absolute atomic E-state index is 0.0305. The average Bonchev–Trinajstić information content (AvgIpc) is 3.16. The Labute approximate surface area is 206 Å². The van der Waals surface area contributed by atoms with E-state index in [0.717, 1.165) is 30.4 Å². The molecule has 2 amide bonds. The molecule has 2 atom stereocenters. The zero-order chi connectivity index (χ0) is 25.0. The van der Waals surface area contributed by atoms with Gasteiger partial charge >= 0.3 is 12.1 Å². The van der Waals surface area contributed by atoms with Crippen molar-refractivity contribution >= 4 is 18.0 Å². The van der Waals surface area contributed by atoms with Crippen LogP contribution in [0.2, 0.25) is 0 Å². The maximum Gasteiger partial charge on any atom is 0.407 e. The van der Waals surface area contributed by atoms with Crippen LogP contribution in [0.3, 0.4) is 0 Å². The highest BCUT2D eigenvalue weighted by Gasteiger charge is 2.37. The summed E-state index contributed by atoms with van der Waals surface area (Å²) in [4.78, 5) is 37.0. The van der Waals surface area contributed by atoms with E-state index in [0.29, 0.717) is 12.8 Å². The molecule has 2 aromatic rings. The molecule has 0 aliphatic heterocycles. The lowest BCUT2D eigenvalue weighted by Crippen LogP contribution is -2.53. The van der Waals surface area contributed by atoms with Gasteiger partial charge in [0.15, 0.2) is 0 Å². The summed E-state index contributed by atoms with van der Waals surface area (Å²) in [6, 6.07) is 15.9. The second-order valence-corrected chi connectivity index (χ2v) is 9.95. The van der Waals surface area contributed by atoms with Gasteiger partial charge in [0.2, 0.25) is 5.91 Å². The fraction of sp³-hybridized carbons (Fsp3) is 0.464. The highest BCUT2D eigenvalue weighted by Crippen LogP contribution is 2.44. The molecule has 7 heteroatoms. The molecule has 0 saturated heterocycles. The van der Waals surface area contributed by atoms with Crippen LogP contribution in [0.25, 0.3) is 11.1 Å². The van der Waals surface area contributed by atoms with Gasteiger partial charge in [0.25, 0.3) is 0 Å². The molecule has 1 saturated carbocycles. The summed E-state index contributed by atoms with van der Waals surface area (Å²) in [7, 11) is 0. The number of carbonyl (C=O) groups excluding carboxylic acids is 2. The molecule has 1 fully saturated rings. The molecule has 4 rings (SSSR count). The summed E-state index contributed by atoms with van der Waals surface area (Å²) in [6.07, 6.45) is 3.85. The molecule has 2 aliphatic rings. The van der Waals surface area contributed by atoms with E-state index in [1.165, 1.54) is 11.1 Å². The Kier molecular flexibility index (Phi) is 7.43. The molecular formula is C28H34N2O5. The summed E-state index contributed by atoms with van der Waals surface area (Å²) >= 11 is 0. The molecule has 3 N–H and O–H groups in total. The number of aliphatic carboxylic acids is 1. The smallest absolute Gasteiger partial charge is 0.407 e. The first kappa shape index (κ1) is 24.8. The number of rotatable bonds is 8. The molecular weight excluding hydrogens is 444 g/mol. The van der Waals surface area contributed by atoms with Crippen molar-refractivity contribution in [3.63, 3.8) is 0 Å². The normalized spacial score (nSPS) is 18.0. The summed E-state index contributed by atoms with van der Waals surface area (Å²) in [5, 5.41) is 15.0. The number of carboxylic acid groups (broad SMARTS) is 1. The van der Waals surface area contributed by atoms with E-state index < -0.39 is 29.6 Å². The summed E-state index contributed by atoms with van der Waals surface area (Å²) in [5.74, 6) is -1.94. The molecule has 35 heavy (non-hydrogen) atoms. The van der Waals surface area contributed by atoms with Crippen LogP contribution in [-0.2, 0) is 14.3 Å². The van der Waals surface area contributed by atoms with Gasteiger partial charge in [-0.25, -0.2) is 4.79 Å². The number of hydrogen-bond donors (Lipinski definition) is 3. The molecule has 0 heterocycles. The second-order valence-electron chi connectivity index (χ2n) is 9.95. The highest BCUT2D eigenvalue weighted by molar-refractivity contribution is 5.81.